The van der Waals surface area contributed by atoms with Crippen LogP contribution in [0.15, 0.2) is 101 Å². The molecule has 3 aromatic heterocycles. The maximum Gasteiger partial charge on any atom is 0.291 e. The van der Waals surface area contributed by atoms with Crippen molar-refractivity contribution in [3.8, 4) is 16.8 Å². The van der Waals surface area contributed by atoms with E-state index in [2.05, 4.69) is 10.6 Å². The molecule has 0 fully saturated rings. The van der Waals surface area contributed by atoms with E-state index < -0.39 is 0 Å². The molecule has 2 aromatic carbocycles. The third-order valence-corrected chi connectivity index (χ3v) is 6.35. The van der Waals surface area contributed by atoms with Crippen LogP contribution in [0.1, 0.15) is 20.2 Å². The number of amides is 2. The zero-order chi connectivity index (χ0) is 23.5. The molecule has 168 valence electrons. The van der Waals surface area contributed by atoms with Crippen molar-refractivity contribution < 1.29 is 14.0 Å². The Morgan fingerprint density at radius 2 is 1.47 bits per heavy atom. The molecule has 0 saturated heterocycles. The highest BCUT2D eigenvalue weighted by Gasteiger charge is 2.20. The van der Waals surface area contributed by atoms with Gasteiger partial charge in [-0.25, -0.2) is 0 Å². The smallest absolute Gasteiger partial charge is 0.291 e. The summed E-state index contributed by atoms with van der Waals surface area (Å²) in [4.78, 5) is 25.9. The van der Waals surface area contributed by atoms with Crippen molar-refractivity contribution in [2.75, 3.05) is 10.6 Å². The number of nitrogens with zero attached hydrogens (tertiary/aromatic N) is 1. The fourth-order valence-corrected chi connectivity index (χ4v) is 4.61. The van der Waals surface area contributed by atoms with Gasteiger partial charge in [0.1, 0.15) is 4.88 Å². The predicted octanol–water partition coefficient (Wildman–Crippen LogP) is 6.96. The molecule has 5 aromatic rings. The van der Waals surface area contributed by atoms with Crippen LogP contribution in [-0.4, -0.2) is 16.4 Å². The molecule has 2 amide bonds. The number of halogens is 1. The van der Waals surface area contributed by atoms with Crippen molar-refractivity contribution in [3.63, 3.8) is 0 Å². The van der Waals surface area contributed by atoms with Gasteiger partial charge in [-0.3, -0.25) is 9.59 Å². The van der Waals surface area contributed by atoms with E-state index in [1.165, 1.54) is 17.6 Å². The first-order chi connectivity index (χ1) is 16.6. The number of carbonyl (C=O) groups excluding carboxylic acids is 2. The summed E-state index contributed by atoms with van der Waals surface area (Å²) < 4.78 is 7.03. The van der Waals surface area contributed by atoms with Crippen LogP contribution in [0, 0.1) is 0 Å². The minimum atomic E-state index is -0.341. The molecule has 3 heterocycles. The number of nitrogens with one attached hydrogen (secondary N) is 2. The molecule has 6 nitrogen and oxygen atoms in total. The van der Waals surface area contributed by atoms with E-state index in [4.69, 9.17) is 16.0 Å². The number of hydrogen-bond acceptors (Lipinski definition) is 4. The second-order valence-corrected chi connectivity index (χ2v) is 8.70. The number of rotatable bonds is 6. The highest BCUT2D eigenvalue weighted by atomic mass is 35.5. The SMILES string of the molecule is O=C(Nc1ccc(NC(=O)c2scc(-c3ccc(Cl)cc3)c2-n2cccc2)cc1)c1ccco1. The van der Waals surface area contributed by atoms with E-state index in [1.807, 2.05) is 58.7 Å². The number of thiophene rings is 1. The second-order valence-electron chi connectivity index (χ2n) is 7.39. The predicted molar refractivity (Wildman–Crippen MR) is 135 cm³/mol. The van der Waals surface area contributed by atoms with Gasteiger partial charge in [0.2, 0.25) is 0 Å². The van der Waals surface area contributed by atoms with Gasteiger partial charge in [0.15, 0.2) is 5.76 Å². The van der Waals surface area contributed by atoms with Crippen LogP contribution in [0.4, 0.5) is 11.4 Å². The molecular weight excluding hydrogens is 470 g/mol. The largest absolute Gasteiger partial charge is 0.459 e. The lowest BCUT2D eigenvalue weighted by Gasteiger charge is -2.11. The molecule has 0 spiro atoms. The van der Waals surface area contributed by atoms with Gasteiger partial charge in [-0.2, -0.15) is 0 Å². The minimum Gasteiger partial charge on any atom is -0.459 e. The third-order valence-electron chi connectivity index (χ3n) is 5.13. The Balaban J connectivity index is 1.37. The van der Waals surface area contributed by atoms with Crippen LogP contribution in [0.5, 0.6) is 0 Å². The first kappa shape index (κ1) is 21.8. The summed E-state index contributed by atoms with van der Waals surface area (Å²) in [6, 6.07) is 21.5. The summed E-state index contributed by atoms with van der Waals surface area (Å²) in [5.41, 5.74) is 3.92. The number of anilines is 2. The standard InChI is InChI=1S/C26H18ClN3O3S/c27-18-7-5-17(6-8-18)21-16-34-24(23(21)30-13-1-2-14-30)26(32)29-20-11-9-19(10-12-20)28-25(31)22-4-3-15-33-22/h1-16H,(H,28,31)(H,29,32). The zero-order valence-electron chi connectivity index (χ0n) is 17.7. The van der Waals surface area contributed by atoms with Gasteiger partial charge in [0, 0.05) is 39.7 Å². The summed E-state index contributed by atoms with van der Waals surface area (Å²) in [5, 5.41) is 8.33. The first-order valence-corrected chi connectivity index (χ1v) is 11.6. The van der Waals surface area contributed by atoms with Gasteiger partial charge in [0.05, 0.1) is 12.0 Å². The lowest BCUT2D eigenvalue weighted by atomic mass is 10.1. The van der Waals surface area contributed by atoms with Crippen LogP contribution in [0.2, 0.25) is 5.02 Å². The molecule has 0 aliphatic rings. The fraction of sp³-hybridized carbons (Fsp3) is 0. The third kappa shape index (κ3) is 4.52. The summed E-state index contributed by atoms with van der Waals surface area (Å²) >= 11 is 7.43. The highest BCUT2D eigenvalue weighted by molar-refractivity contribution is 7.13. The molecule has 0 atom stereocenters. The van der Waals surface area contributed by atoms with Gasteiger partial charge in [-0.15, -0.1) is 11.3 Å². The summed E-state index contributed by atoms with van der Waals surface area (Å²) in [6.45, 7) is 0. The quantitative estimate of drug-likeness (QED) is 0.272. The van der Waals surface area contributed by atoms with Crippen LogP contribution in [0.3, 0.4) is 0 Å². The maximum atomic E-state index is 13.2. The van der Waals surface area contributed by atoms with Gasteiger partial charge in [0.25, 0.3) is 11.8 Å². The number of furan rings is 1. The van der Waals surface area contributed by atoms with E-state index in [0.717, 1.165) is 16.8 Å². The summed E-state index contributed by atoms with van der Waals surface area (Å²) in [5.74, 6) is -0.336. The number of benzene rings is 2. The van der Waals surface area contributed by atoms with Crippen molar-refractivity contribution in [2.45, 2.75) is 0 Å². The topological polar surface area (TPSA) is 76.3 Å². The Morgan fingerprint density at radius 1 is 0.824 bits per heavy atom. The van der Waals surface area contributed by atoms with Gasteiger partial charge >= 0.3 is 0 Å². The highest BCUT2D eigenvalue weighted by Crippen LogP contribution is 2.36. The number of carbonyl (C=O) groups is 2. The van der Waals surface area contributed by atoms with Crippen molar-refractivity contribution in [1.29, 1.82) is 0 Å². The van der Waals surface area contributed by atoms with Gasteiger partial charge in [-0.05, 0) is 66.2 Å². The second kappa shape index (κ2) is 9.43. The maximum absolute atomic E-state index is 13.2. The Kier molecular flexibility index (Phi) is 6.03. The van der Waals surface area contributed by atoms with Crippen molar-refractivity contribution >= 4 is 46.1 Å². The van der Waals surface area contributed by atoms with E-state index in [9.17, 15) is 9.59 Å². The van der Waals surface area contributed by atoms with E-state index >= 15 is 0 Å². The molecule has 0 radical (unpaired) electrons. The zero-order valence-corrected chi connectivity index (χ0v) is 19.3. The van der Waals surface area contributed by atoms with E-state index in [1.54, 1.807) is 36.4 Å². The number of hydrogen-bond donors (Lipinski definition) is 2. The fourth-order valence-electron chi connectivity index (χ4n) is 3.51. The summed E-state index contributed by atoms with van der Waals surface area (Å²) in [7, 11) is 0. The Morgan fingerprint density at radius 3 is 2.09 bits per heavy atom. The molecule has 8 heteroatoms. The Hall–Kier alpha value is -4.07. The minimum absolute atomic E-state index is 0.221. The van der Waals surface area contributed by atoms with Crippen LogP contribution in [-0.2, 0) is 0 Å². The normalized spacial score (nSPS) is 10.7. The molecule has 0 saturated carbocycles. The molecular formula is C26H18ClN3O3S. The van der Waals surface area contributed by atoms with Crippen LogP contribution in [0.25, 0.3) is 16.8 Å². The number of aromatic nitrogens is 1. The molecule has 0 unspecified atom stereocenters. The molecule has 0 aliphatic heterocycles. The monoisotopic (exact) mass is 487 g/mol. The lowest BCUT2D eigenvalue weighted by Crippen LogP contribution is -2.13. The summed E-state index contributed by atoms with van der Waals surface area (Å²) in [6.07, 6.45) is 5.27. The van der Waals surface area contributed by atoms with Crippen molar-refractivity contribution in [3.05, 3.63) is 112 Å². The van der Waals surface area contributed by atoms with Gasteiger partial charge in [-0.1, -0.05) is 23.7 Å². The Bertz CT molecular complexity index is 1420. The van der Waals surface area contributed by atoms with Crippen molar-refractivity contribution in [1.82, 2.24) is 4.57 Å². The van der Waals surface area contributed by atoms with E-state index in [0.29, 0.717) is 21.3 Å². The van der Waals surface area contributed by atoms with Crippen LogP contribution >= 0.6 is 22.9 Å². The molecule has 2 N–H and O–H groups in total. The average molecular weight is 488 g/mol. The van der Waals surface area contributed by atoms with Gasteiger partial charge < -0.3 is 19.6 Å². The van der Waals surface area contributed by atoms with Crippen molar-refractivity contribution in [2.24, 2.45) is 0 Å². The Labute approximate surface area is 204 Å². The molecule has 34 heavy (non-hydrogen) atoms. The molecule has 0 bridgehead atoms. The molecule has 0 aliphatic carbocycles. The van der Waals surface area contributed by atoms with Crippen LogP contribution < -0.4 is 10.6 Å². The lowest BCUT2D eigenvalue weighted by molar-refractivity contribution is 0.0994. The van der Waals surface area contributed by atoms with E-state index in [-0.39, 0.29) is 17.6 Å². The molecule has 5 rings (SSSR count). The average Bonchev–Trinajstić information content (AvgIpc) is 3.62. The first-order valence-electron chi connectivity index (χ1n) is 10.4.